The van der Waals surface area contributed by atoms with Crippen LogP contribution < -0.4 is 5.73 Å². The molecule has 1 aliphatic heterocycles. The lowest BCUT2D eigenvalue weighted by Crippen LogP contribution is -2.33. The molecule has 1 aromatic carbocycles. The molecule has 0 saturated carbocycles. The third-order valence-corrected chi connectivity index (χ3v) is 3.99. The number of hydrogen-bond acceptors (Lipinski definition) is 4. The summed E-state index contributed by atoms with van der Waals surface area (Å²) < 4.78 is 5.74. The molecule has 2 aromatic rings. The van der Waals surface area contributed by atoms with Crippen LogP contribution in [0.3, 0.4) is 0 Å². The van der Waals surface area contributed by atoms with Gasteiger partial charge in [0.1, 0.15) is 17.6 Å². The second-order valence-corrected chi connectivity index (χ2v) is 5.79. The quantitative estimate of drug-likeness (QED) is 0.914. The van der Waals surface area contributed by atoms with Gasteiger partial charge in [0.15, 0.2) is 0 Å². The minimum absolute atomic E-state index is 0.0560. The maximum atomic E-state index is 5.86. The number of rotatable bonds is 5. The second-order valence-electron chi connectivity index (χ2n) is 5.79. The predicted octanol–water partition coefficient (Wildman–Crippen LogP) is 3.70. The Bertz CT molecular complexity index is 648. The van der Waals surface area contributed by atoms with Crippen molar-refractivity contribution in [3.63, 3.8) is 0 Å². The van der Waals surface area contributed by atoms with Crippen molar-refractivity contribution >= 4 is 0 Å². The molecule has 0 fully saturated rings. The van der Waals surface area contributed by atoms with Crippen LogP contribution in [0.2, 0.25) is 0 Å². The SMILES string of the molecule is Cc1ccc(C2C=C(N)ON2C(C)CCc2ccccc2)o1. The molecule has 3 rings (SSSR count). The summed E-state index contributed by atoms with van der Waals surface area (Å²) in [5.74, 6) is 2.20. The summed E-state index contributed by atoms with van der Waals surface area (Å²) in [4.78, 5) is 5.70. The van der Waals surface area contributed by atoms with Gasteiger partial charge in [-0.15, -0.1) is 5.06 Å². The molecule has 0 bridgehead atoms. The van der Waals surface area contributed by atoms with Gasteiger partial charge >= 0.3 is 0 Å². The van der Waals surface area contributed by atoms with E-state index in [1.165, 1.54) is 5.56 Å². The molecule has 2 atom stereocenters. The van der Waals surface area contributed by atoms with Gasteiger partial charge in [-0.1, -0.05) is 30.3 Å². The summed E-state index contributed by atoms with van der Waals surface area (Å²) in [7, 11) is 0. The van der Waals surface area contributed by atoms with E-state index in [9.17, 15) is 0 Å². The third kappa shape index (κ3) is 3.17. The average Bonchev–Trinajstić information content (AvgIpc) is 3.11. The first-order valence-corrected chi connectivity index (χ1v) is 7.67. The molecule has 0 amide bonds. The lowest BCUT2D eigenvalue weighted by atomic mass is 10.0. The van der Waals surface area contributed by atoms with E-state index in [4.69, 9.17) is 15.0 Å². The molecular formula is C18H22N2O2. The normalized spacial score (nSPS) is 19.7. The fourth-order valence-corrected chi connectivity index (χ4v) is 2.77. The van der Waals surface area contributed by atoms with E-state index < -0.39 is 0 Å². The number of aryl methyl sites for hydroxylation is 2. The molecule has 0 saturated heterocycles. The van der Waals surface area contributed by atoms with Gasteiger partial charge in [-0.2, -0.15) is 0 Å². The Labute approximate surface area is 131 Å². The first-order valence-electron chi connectivity index (χ1n) is 7.67. The van der Waals surface area contributed by atoms with Crippen LogP contribution >= 0.6 is 0 Å². The number of furan rings is 1. The Hall–Kier alpha value is -2.20. The van der Waals surface area contributed by atoms with Gasteiger partial charge in [0.25, 0.3) is 0 Å². The van der Waals surface area contributed by atoms with E-state index in [-0.39, 0.29) is 12.1 Å². The second kappa shape index (κ2) is 6.28. The fourth-order valence-electron chi connectivity index (χ4n) is 2.77. The van der Waals surface area contributed by atoms with Crippen molar-refractivity contribution in [2.24, 2.45) is 5.73 Å². The molecular weight excluding hydrogens is 276 g/mol. The van der Waals surface area contributed by atoms with Gasteiger partial charge in [-0.05, 0) is 44.4 Å². The molecule has 2 N–H and O–H groups in total. The lowest BCUT2D eigenvalue weighted by Gasteiger charge is -2.27. The molecule has 0 aliphatic carbocycles. The van der Waals surface area contributed by atoms with Gasteiger partial charge in [-0.3, -0.25) is 0 Å². The zero-order chi connectivity index (χ0) is 15.5. The van der Waals surface area contributed by atoms with Crippen molar-refractivity contribution in [2.75, 3.05) is 0 Å². The number of nitrogens with zero attached hydrogens (tertiary/aromatic N) is 1. The first-order chi connectivity index (χ1) is 10.6. The zero-order valence-electron chi connectivity index (χ0n) is 13.0. The number of hydrogen-bond donors (Lipinski definition) is 1. The molecule has 0 radical (unpaired) electrons. The summed E-state index contributed by atoms with van der Waals surface area (Å²) >= 11 is 0. The zero-order valence-corrected chi connectivity index (χ0v) is 13.0. The van der Waals surface area contributed by atoms with Crippen LogP contribution in [-0.4, -0.2) is 11.1 Å². The van der Waals surface area contributed by atoms with Crippen LogP contribution in [0.5, 0.6) is 0 Å². The van der Waals surface area contributed by atoms with Gasteiger partial charge in [-0.25, -0.2) is 0 Å². The Morgan fingerprint density at radius 3 is 2.64 bits per heavy atom. The third-order valence-electron chi connectivity index (χ3n) is 3.99. The monoisotopic (exact) mass is 298 g/mol. The molecule has 0 spiro atoms. The van der Waals surface area contributed by atoms with Gasteiger partial charge in [0, 0.05) is 12.1 Å². The van der Waals surface area contributed by atoms with Crippen molar-refractivity contribution in [1.29, 1.82) is 0 Å². The average molecular weight is 298 g/mol. The molecule has 2 heterocycles. The summed E-state index contributed by atoms with van der Waals surface area (Å²) in [6.45, 7) is 4.09. The minimum atomic E-state index is -0.0560. The topological polar surface area (TPSA) is 51.6 Å². The van der Waals surface area contributed by atoms with Crippen LogP contribution in [-0.2, 0) is 11.3 Å². The lowest BCUT2D eigenvalue weighted by molar-refractivity contribution is -0.152. The fraction of sp³-hybridized carbons (Fsp3) is 0.333. The van der Waals surface area contributed by atoms with Crippen molar-refractivity contribution in [3.05, 3.63) is 71.5 Å². The van der Waals surface area contributed by atoms with E-state index in [1.54, 1.807) is 0 Å². The van der Waals surface area contributed by atoms with Gasteiger partial charge in [0.2, 0.25) is 5.88 Å². The number of nitrogens with two attached hydrogens (primary N) is 1. The predicted molar refractivity (Wildman–Crippen MR) is 85.6 cm³/mol. The largest absolute Gasteiger partial charge is 0.464 e. The Kier molecular flexibility index (Phi) is 4.20. The smallest absolute Gasteiger partial charge is 0.207 e. The van der Waals surface area contributed by atoms with E-state index in [2.05, 4.69) is 31.2 Å². The minimum Gasteiger partial charge on any atom is -0.464 e. The highest BCUT2D eigenvalue weighted by Crippen LogP contribution is 2.33. The summed E-state index contributed by atoms with van der Waals surface area (Å²) in [5.41, 5.74) is 7.19. The van der Waals surface area contributed by atoms with Crippen molar-refractivity contribution in [2.45, 2.75) is 38.8 Å². The van der Waals surface area contributed by atoms with Gasteiger partial charge < -0.3 is 15.0 Å². The Morgan fingerprint density at radius 1 is 1.18 bits per heavy atom. The summed E-state index contributed by atoms with van der Waals surface area (Å²) in [6, 6.07) is 14.6. The highest BCUT2D eigenvalue weighted by Gasteiger charge is 2.33. The van der Waals surface area contributed by atoms with Crippen LogP contribution in [0, 0.1) is 6.92 Å². The van der Waals surface area contributed by atoms with Crippen LogP contribution in [0.4, 0.5) is 0 Å². The molecule has 1 aromatic heterocycles. The number of benzene rings is 1. The summed E-state index contributed by atoms with van der Waals surface area (Å²) in [5, 5.41) is 1.93. The molecule has 116 valence electrons. The van der Waals surface area contributed by atoms with E-state index >= 15 is 0 Å². The standard InChI is InChI=1S/C18H22N2O2/c1-13(8-10-15-6-4-3-5-7-15)20-16(12-18(19)22-20)17-11-9-14(2)21-17/h3-7,9,11-13,16H,8,10,19H2,1-2H3. The molecule has 22 heavy (non-hydrogen) atoms. The highest BCUT2D eigenvalue weighted by molar-refractivity contribution is 5.18. The Morgan fingerprint density at radius 2 is 1.95 bits per heavy atom. The van der Waals surface area contributed by atoms with Crippen molar-refractivity contribution < 1.29 is 9.25 Å². The van der Waals surface area contributed by atoms with E-state index in [0.29, 0.717) is 5.88 Å². The molecule has 4 heteroatoms. The maximum Gasteiger partial charge on any atom is 0.207 e. The number of hydroxylamine groups is 2. The van der Waals surface area contributed by atoms with Crippen molar-refractivity contribution in [3.8, 4) is 0 Å². The molecule has 1 aliphatic rings. The van der Waals surface area contributed by atoms with Crippen molar-refractivity contribution in [1.82, 2.24) is 5.06 Å². The maximum absolute atomic E-state index is 5.86. The molecule has 2 unspecified atom stereocenters. The first kappa shape index (κ1) is 14.7. The Balaban J connectivity index is 1.67. The molecule has 4 nitrogen and oxygen atoms in total. The van der Waals surface area contributed by atoms with E-state index in [1.807, 2.05) is 36.3 Å². The van der Waals surface area contributed by atoms with E-state index in [0.717, 1.165) is 24.4 Å². The van der Waals surface area contributed by atoms with Crippen LogP contribution in [0.25, 0.3) is 0 Å². The van der Waals surface area contributed by atoms with Crippen LogP contribution in [0.1, 0.15) is 36.5 Å². The van der Waals surface area contributed by atoms with Crippen LogP contribution in [0.15, 0.2) is 58.8 Å². The summed E-state index contributed by atoms with van der Waals surface area (Å²) in [6.07, 6.45) is 3.89. The highest BCUT2D eigenvalue weighted by atomic mass is 16.7. The van der Waals surface area contributed by atoms with Gasteiger partial charge in [0.05, 0.1) is 0 Å².